The van der Waals surface area contributed by atoms with Gasteiger partial charge in [-0.25, -0.2) is 30.0 Å². The molecule has 2 aliphatic rings. The van der Waals surface area contributed by atoms with E-state index in [-0.39, 0.29) is 33.1 Å². The van der Waals surface area contributed by atoms with Gasteiger partial charge >= 0.3 is 17.8 Å². The highest BCUT2D eigenvalue weighted by molar-refractivity contribution is 8.09. The van der Waals surface area contributed by atoms with E-state index in [2.05, 4.69) is 9.71 Å². The lowest BCUT2D eigenvalue weighted by atomic mass is 10.1. The Morgan fingerprint density at radius 1 is 0.953 bits per heavy atom. The molecular weight excluding hydrogens is 688 g/mol. The highest BCUT2D eigenvalue weighted by Gasteiger charge is 2.56. The van der Waals surface area contributed by atoms with E-state index in [1.54, 1.807) is 13.8 Å². The third-order valence-electron chi connectivity index (χ3n) is 5.86. The number of unbranched alkanes of at least 4 members (excludes halogenated alkanes) is 1. The minimum atomic E-state index is -5.66. The molecule has 2 heterocycles. The number of alkyl halides is 5. The van der Waals surface area contributed by atoms with Crippen molar-refractivity contribution < 1.29 is 47.2 Å². The number of aryl methyl sites for hydroxylation is 1. The molecule has 43 heavy (non-hydrogen) atoms. The molecule has 0 spiro atoms. The standard InChI is InChI=1S/C22H25F5N4O7S5/c1-13-14(2)40-19(39-12-6-5-11-21(23,24)22(25,26)27)17-18(28-20(32)30(13)17)29-43(37,38)16-9-7-15(8-10-16)31(41(3,33)34)42(4,35)36/h7-10H,5-6,11-12H2,1-4H3,(H,28,29,32). The van der Waals surface area contributed by atoms with Gasteiger partial charge in [-0.2, -0.15) is 30.6 Å². The second-order valence-corrected chi connectivity index (χ2v) is 17.5. The maximum Gasteiger partial charge on any atom is 0.453 e. The van der Waals surface area contributed by atoms with E-state index in [1.165, 1.54) is 0 Å². The Morgan fingerprint density at radius 2 is 1.51 bits per heavy atom. The minimum Gasteiger partial charge on any atom is -0.261 e. The predicted molar refractivity (Wildman–Crippen MR) is 153 cm³/mol. The minimum absolute atomic E-state index is 0.0358. The van der Waals surface area contributed by atoms with Crippen LogP contribution in [-0.2, 0) is 30.1 Å². The first-order valence-corrected chi connectivity index (χ1v) is 18.9. The number of aromatic nitrogens is 2. The van der Waals surface area contributed by atoms with Gasteiger partial charge in [0.15, 0.2) is 5.82 Å². The van der Waals surface area contributed by atoms with E-state index in [0.29, 0.717) is 27.3 Å². The summed E-state index contributed by atoms with van der Waals surface area (Å²) in [6, 6.07) is 3.81. The van der Waals surface area contributed by atoms with Gasteiger partial charge in [-0.05, 0) is 56.7 Å². The second kappa shape index (κ2) is 12.1. The van der Waals surface area contributed by atoms with E-state index >= 15 is 0 Å². The number of hydrogen-bond donors (Lipinski definition) is 1. The van der Waals surface area contributed by atoms with Crippen molar-refractivity contribution in [1.82, 2.24) is 9.55 Å². The first kappa shape index (κ1) is 35.0. The third-order valence-corrected chi connectivity index (χ3v) is 13.0. The summed E-state index contributed by atoms with van der Waals surface area (Å²) < 4.78 is 142. The van der Waals surface area contributed by atoms with Crippen molar-refractivity contribution >= 4 is 64.7 Å². The molecule has 0 bridgehead atoms. The van der Waals surface area contributed by atoms with Gasteiger partial charge in [0.2, 0.25) is 20.0 Å². The topological polar surface area (TPSA) is 153 Å². The number of nitrogens with zero attached hydrogens (tertiary/aromatic N) is 3. The molecule has 0 radical (unpaired) electrons. The summed E-state index contributed by atoms with van der Waals surface area (Å²) in [7, 11) is -13.1. The molecular formula is C22H25F5N4O7S5. The number of thioether (sulfide) groups is 1. The van der Waals surface area contributed by atoms with Gasteiger partial charge in [0.1, 0.15) is 5.69 Å². The smallest absolute Gasteiger partial charge is 0.261 e. The number of benzene rings is 1. The Balaban J connectivity index is 1.91. The summed E-state index contributed by atoms with van der Waals surface area (Å²) in [5.41, 5.74) is -0.703. The van der Waals surface area contributed by atoms with Crippen LogP contribution in [0.5, 0.6) is 0 Å². The molecule has 0 unspecified atom stereocenters. The zero-order chi connectivity index (χ0) is 32.8. The Kier molecular flexibility index (Phi) is 9.87. The lowest BCUT2D eigenvalue weighted by Gasteiger charge is -2.20. The average Bonchev–Trinajstić information content (AvgIpc) is 3.14. The Labute approximate surface area is 252 Å². The van der Waals surface area contributed by atoms with Crippen LogP contribution in [0.25, 0.3) is 5.69 Å². The predicted octanol–water partition coefficient (Wildman–Crippen LogP) is 4.34. The Morgan fingerprint density at radius 3 is 2.02 bits per heavy atom. The van der Waals surface area contributed by atoms with Crippen LogP contribution in [0.1, 0.15) is 29.8 Å². The quantitative estimate of drug-likeness (QED) is 0.164. The fourth-order valence-electron chi connectivity index (χ4n) is 3.80. The number of imidazole rings is 1. The van der Waals surface area contributed by atoms with Crippen LogP contribution in [-0.4, -0.2) is 65.2 Å². The fourth-order valence-corrected chi connectivity index (χ4v) is 10.3. The number of hydrogen-bond acceptors (Lipinski definition) is 10. The highest BCUT2D eigenvalue weighted by Crippen LogP contribution is 2.41. The summed E-state index contributed by atoms with van der Waals surface area (Å²) in [4.78, 5) is 16.7. The third kappa shape index (κ3) is 7.78. The van der Waals surface area contributed by atoms with Gasteiger partial charge < -0.3 is 0 Å². The maximum atomic E-state index is 13.2. The monoisotopic (exact) mass is 712 g/mol. The molecule has 1 N–H and O–H groups in total. The van der Waals surface area contributed by atoms with Crippen LogP contribution < -0.4 is 14.1 Å². The number of fused-ring (bicyclic) bond motifs is 1. The van der Waals surface area contributed by atoms with E-state index in [4.69, 9.17) is 0 Å². The number of anilines is 2. The molecule has 21 heteroatoms. The van der Waals surface area contributed by atoms with Gasteiger partial charge in [0.05, 0.1) is 27.3 Å². The van der Waals surface area contributed by atoms with Gasteiger partial charge in [-0.15, -0.1) is 23.1 Å². The molecule has 11 nitrogen and oxygen atoms in total. The Hall–Kier alpha value is -2.49. The van der Waals surface area contributed by atoms with Crippen LogP contribution >= 0.6 is 23.1 Å². The van der Waals surface area contributed by atoms with Gasteiger partial charge in [0, 0.05) is 17.0 Å². The van der Waals surface area contributed by atoms with Crippen molar-refractivity contribution in [3.05, 3.63) is 45.3 Å². The number of halogens is 5. The largest absolute Gasteiger partial charge is 0.453 e. The van der Waals surface area contributed by atoms with Crippen molar-refractivity contribution in [2.24, 2.45) is 0 Å². The van der Waals surface area contributed by atoms with Gasteiger partial charge in [0.25, 0.3) is 10.0 Å². The van der Waals surface area contributed by atoms with Crippen LogP contribution in [0.15, 0.2) is 38.2 Å². The fraction of sp³-hybridized carbons (Fsp3) is 0.455. The zero-order valence-electron chi connectivity index (χ0n) is 22.8. The van der Waals surface area contributed by atoms with Crippen LogP contribution in [0.2, 0.25) is 0 Å². The lowest BCUT2D eigenvalue weighted by molar-refractivity contribution is -0.284. The molecule has 1 aromatic rings. The molecule has 0 aliphatic carbocycles. The number of nitrogens with one attached hydrogen (secondary N) is 1. The first-order chi connectivity index (χ1) is 19.5. The summed E-state index contributed by atoms with van der Waals surface area (Å²) in [6.45, 7) is 3.26. The van der Waals surface area contributed by atoms with Crippen molar-refractivity contribution in [3.8, 4) is 5.69 Å². The van der Waals surface area contributed by atoms with Crippen LogP contribution in [0.3, 0.4) is 0 Å². The molecule has 3 rings (SSSR count). The lowest BCUT2D eigenvalue weighted by Crippen LogP contribution is -2.36. The normalized spacial score (nSPS) is 13.4. The molecule has 2 aliphatic heterocycles. The molecule has 0 amide bonds. The molecule has 0 atom stereocenters. The van der Waals surface area contributed by atoms with Crippen molar-refractivity contribution in [2.45, 2.75) is 54.3 Å². The molecule has 0 saturated heterocycles. The van der Waals surface area contributed by atoms with E-state index < -0.39 is 65.6 Å². The summed E-state index contributed by atoms with van der Waals surface area (Å²) >= 11 is 2.17. The van der Waals surface area contributed by atoms with Crippen molar-refractivity contribution in [3.63, 3.8) is 0 Å². The highest BCUT2D eigenvalue weighted by atomic mass is 32.3. The van der Waals surface area contributed by atoms with Crippen molar-refractivity contribution in [2.75, 3.05) is 26.7 Å². The number of sulfonamides is 3. The van der Waals surface area contributed by atoms with Gasteiger partial charge in [-0.1, -0.05) is 0 Å². The SMILES string of the molecule is Cc1sc(SCCCCC(F)(F)C(F)(F)F)c2c(NS(=O)(=O)c3ccc(N(S(C)(=O)=O)S(C)(=O)=O)cc3)nc(=O)n-2c1C. The van der Waals surface area contributed by atoms with Crippen molar-refractivity contribution in [1.29, 1.82) is 0 Å². The summed E-state index contributed by atoms with van der Waals surface area (Å²) in [6.07, 6.45) is -6.21. The van der Waals surface area contributed by atoms with Gasteiger partial charge in [-0.3, -0.25) is 9.29 Å². The molecule has 240 valence electrons. The second-order valence-electron chi connectivity index (χ2n) is 9.29. The number of rotatable bonds is 12. The molecule has 0 fully saturated rings. The molecule has 1 aromatic carbocycles. The summed E-state index contributed by atoms with van der Waals surface area (Å²) in [5.74, 6) is -5.13. The molecule has 0 aromatic heterocycles. The first-order valence-electron chi connectivity index (χ1n) is 11.9. The summed E-state index contributed by atoms with van der Waals surface area (Å²) in [5, 5.41) is 0. The van der Waals surface area contributed by atoms with Crippen LogP contribution in [0.4, 0.5) is 33.5 Å². The van der Waals surface area contributed by atoms with E-state index in [9.17, 15) is 52.0 Å². The van der Waals surface area contributed by atoms with E-state index in [0.717, 1.165) is 51.9 Å². The maximum absolute atomic E-state index is 13.2. The van der Waals surface area contributed by atoms with E-state index in [1.807, 2.05) is 0 Å². The zero-order valence-corrected chi connectivity index (χ0v) is 26.9. The Bertz CT molecular complexity index is 1820. The van der Waals surface area contributed by atoms with Crippen LogP contribution in [0, 0.1) is 13.8 Å². The average molecular weight is 713 g/mol. The molecule has 0 saturated carbocycles.